The van der Waals surface area contributed by atoms with Crippen LogP contribution in [0.4, 0.5) is 0 Å². The minimum absolute atomic E-state index is 0.0659. The number of benzene rings is 1. The lowest BCUT2D eigenvalue weighted by Gasteiger charge is -2.22. The summed E-state index contributed by atoms with van der Waals surface area (Å²) in [4.78, 5) is 0.364. The summed E-state index contributed by atoms with van der Waals surface area (Å²) in [5.41, 5.74) is 0.993. The van der Waals surface area contributed by atoms with E-state index in [1.54, 1.807) is 18.2 Å². The third-order valence-corrected chi connectivity index (χ3v) is 6.00. The quantitative estimate of drug-likeness (QED) is 0.843. The van der Waals surface area contributed by atoms with Gasteiger partial charge in [0.1, 0.15) is 0 Å². The van der Waals surface area contributed by atoms with Gasteiger partial charge in [-0.1, -0.05) is 19.1 Å². The number of nitrogens with one attached hydrogen (secondary N) is 2. The first-order chi connectivity index (χ1) is 9.62. The lowest BCUT2D eigenvalue weighted by molar-refractivity contribution is 0.543. The Morgan fingerprint density at radius 2 is 2.25 bits per heavy atom. The average Bonchev–Trinajstić information content (AvgIpc) is 2.46. The number of hydrogen-bond acceptors (Lipinski definition) is 4. The third-order valence-electron chi connectivity index (χ3n) is 3.27. The van der Waals surface area contributed by atoms with Crippen LogP contribution in [0.15, 0.2) is 29.2 Å². The lowest BCUT2D eigenvalue weighted by atomic mass is 10.2. The number of sulfonamides is 1. The molecule has 112 valence electrons. The summed E-state index contributed by atoms with van der Waals surface area (Å²) in [6.07, 6.45) is 2.02. The molecule has 1 heterocycles. The molecule has 6 heteroatoms. The van der Waals surface area contributed by atoms with Gasteiger partial charge in [0.05, 0.1) is 4.90 Å². The molecule has 1 fully saturated rings. The Morgan fingerprint density at radius 3 is 2.95 bits per heavy atom. The monoisotopic (exact) mass is 314 g/mol. The highest BCUT2D eigenvalue weighted by molar-refractivity contribution is 7.99. The Kier molecular flexibility index (Phi) is 5.89. The minimum atomic E-state index is -3.40. The van der Waals surface area contributed by atoms with Gasteiger partial charge in [-0.05, 0) is 42.8 Å². The van der Waals surface area contributed by atoms with E-state index in [4.69, 9.17) is 0 Å². The molecule has 0 aliphatic carbocycles. The van der Waals surface area contributed by atoms with E-state index in [9.17, 15) is 8.42 Å². The van der Waals surface area contributed by atoms with Crippen LogP contribution in [0.5, 0.6) is 0 Å². The second-order valence-corrected chi connectivity index (χ2v) is 7.83. The van der Waals surface area contributed by atoms with Crippen molar-refractivity contribution in [1.82, 2.24) is 10.0 Å². The molecule has 1 aromatic carbocycles. The van der Waals surface area contributed by atoms with Crippen molar-refractivity contribution in [3.8, 4) is 0 Å². The van der Waals surface area contributed by atoms with E-state index in [-0.39, 0.29) is 6.04 Å². The summed E-state index contributed by atoms with van der Waals surface area (Å²) in [7, 11) is -3.40. The van der Waals surface area contributed by atoms with Crippen molar-refractivity contribution in [1.29, 1.82) is 0 Å². The Labute approximate surface area is 125 Å². The van der Waals surface area contributed by atoms with Gasteiger partial charge < -0.3 is 5.32 Å². The second-order valence-electron chi connectivity index (χ2n) is 4.96. The molecule has 20 heavy (non-hydrogen) atoms. The summed E-state index contributed by atoms with van der Waals surface area (Å²) < 4.78 is 27.6. The van der Waals surface area contributed by atoms with Gasteiger partial charge in [0.2, 0.25) is 10.0 Å². The van der Waals surface area contributed by atoms with Crippen molar-refractivity contribution in [3.63, 3.8) is 0 Å². The van der Waals surface area contributed by atoms with Crippen LogP contribution in [-0.4, -0.2) is 32.5 Å². The van der Waals surface area contributed by atoms with Crippen molar-refractivity contribution in [2.75, 3.05) is 18.1 Å². The maximum atomic E-state index is 12.4. The van der Waals surface area contributed by atoms with E-state index in [2.05, 4.69) is 10.0 Å². The Balaban J connectivity index is 2.07. The van der Waals surface area contributed by atoms with Crippen LogP contribution >= 0.6 is 11.8 Å². The number of rotatable bonds is 6. The predicted molar refractivity (Wildman–Crippen MR) is 84.5 cm³/mol. The molecule has 1 unspecified atom stereocenters. The molecule has 2 rings (SSSR count). The van der Waals surface area contributed by atoms with Crippen LogP contribution in [0.3, 0.4) is 0 Å². The largest absolute Gasteiger partial charge is 0.313 e. The summed E-state index contributed by atoms with van der Waals surface area (Å²) >= 11 is 1.82. The second kappa shape index (κ2) is 7.45. The topological polar surface area (TPSA) is 58.2 Å². The van der Waals surface area contributed by atoms with Gasteiger partial charge in [0.15, 0.2) is 0 Å². The highest BCUT2D eigenvalue weighted by Gasteiger charge is 2.22. The Hall–Kier alpha value is -0.560. The van der Waals surface area contributed by atoms with E-state index in [0.717, 1.165) is 36.5 Å². The fourth-order valence-corrected chi connectivity index (χ4v) is 4.73. The third kappa shape index (κ3) is 4.48. The lowest BCUT2D eigenvalue weighted by Crippen LogP contribution is -2.38. The maximum absolute atomic E-state index is 12.4. The van der Waals surface area contributed by atoms with E-state index < -0.39 is 10.0 Å². The van der Waals surface area contributed by atoms with Crippen LogP contribution < -0.4 is 10.0 Å². The molecule has 0 aromatic heterocycles. The fraction of sp³-hybridized carbons (Fsp3) is 0.571. The number of hydrogen-bond donors (Lipinski definition) is 2. The smallest absolute Gasteiger partial charge is 0.240 e. The standard InChI is InChI=1S/C14H22N2O2S2/c1-2-15-10-12-5-3-7-14(9-12)20(17,18)16-13-6-4-8-19-11-13/h3,5,7,9,13,15-16H,2,4,6,8,10-11H2,1H3. The zero-order valence-corrected chi connectivity index (χ0v) is 13.4. The first kappa shape index (κ1) is 15.8. The van der Waals surface area contributed by atoms with Gasteiger partial charge in [-0.15, -0.1) is 0 Å². The zero-order valence-electron chi connectivity index (χ0n) is 11.8. The molecule has 1 saturated heterocycles. The molecule has 0 bridgehead atoms. The van der Waals surface area contributed by atoms with Crippen LogP contribution in [0.1, 0.15) is 25.3 Å². The van der Waals surface area contributed by atoms with Gasteiger partial charge in [-0.3, -0.25) is 0 Å². The molecule has 0 saturated carbocycles. The Bertz CT molecular complexity index is 526. The van der Waals surface area contributed by atoms with Crippen molar-refractivity contribution in [2.24, 2.45) is 0 Å². The van der Waals surface area contributed by atoms with Gasteiger partial charge in [-0.25, -0.2) is 13.1 Å². The van der Waals surface area contributed by atoms with Crippen molar-refractivity contribution < 1.29 is 8.42 Å². The minimum Gasteiger partial charge on any atom is -0.313 e. The molecular weight excluding hydrogens is 292 g/mol. The van der Waals surface area contributed by atoms with Crippen molar-refractivity contribution in [3.05, 3.63) is 29.8 Å². The van der Waals surface area contributed by atoms with Crippen LogP contribution in [-0.2, 0) is 16.6 Å². The molecule has 1 aliphatic heterocycles. The fourth-order valence-electron chi connectivity index (χ4n) is 2.21. The molecule has 1 aromatic rings. The first-order valence-corrected chi connectivity index (χ1v) is 9.65. The molecule has 0 amide bonds. The summed E-state index contributed by atoms with van der Waals surface area (Å²) in [6.45, 7) is 3.59. The van der Waals surface area contributed by atoms with Gasteiger partial charge in [0.25, 0.3) is 0 Å². The van der Waals surface area contributed by atoms with E-state index >= 15 is 0 Å². The summed E-state index contributed by atoms with van der Waals surface area (Å²) in [5.74, 6) is 2.01. The molecule has 2 N–H and O–H groups in total. The predicted octanol–water partition coefficient (Wildman–Crippen LogP) is 1.97. The SMILES string of the molecule is CCNCc1cccc(S(=O)(=O)NC2CCCSC2)c1. The van der Waals surface area contributed by atoms with Crippen LogP contribution in [0.2, 0.25) is 0 Å². The van der Waals surface area contributed by atoms with Gasteiger partial charge in [-0.2, -0.15) is 11.8 Å². The molecule has 1 aliphatic rings. The molecule has 0 radical (unpaired) electrons. The van der Waals surface area contributed by atoms with Crippen LogP contribution in [0, 0.1) is 0 Å². The summed E-state index contributed by atoms with van der Waals surface area (Å²) in [6, 6.07) is 7.22. The molecule has 1 atom stereocenters. The molecular formula is C14H22N2O2S2. The normalized spacial score (nSPS) is 19.9. The summed E-state index contributed by atoms with van der Waals surface area (Å²) in [5, 5.41) is 3.21. The zero-order chi connectivity index (χ0) is 14.4. The van der Waals surface area contributed by atoms with E-state index in [1.165, 1.54) is 0 Å². The average molecular weight is 314 g/mol. The van der Waals surface area contributed by atoms with Crippen molar-refractivity contribution in [2.45, 2.75) is 37.2 Å². The highest BCUT2D eigenvalue weighted by Crippen LogP contribution is 2.19. The van der Waals surface area contributed by atoms with Crippen molar-refractivity contribution >= 4 is 21.8 Å². The number of thioether (sulfide) groups is 1. The van der Waals surface area contributed by atoms with E-state index in [0.29, 0.717) is 11.4 Å². The van der Waals surface area contributed by atoms with Crippen LogP contribution in [0.25, 0.3) is 0 Å². The van der Waals surface area contributed by atoms with Gasteiger partial charge in [0, 0.05) is 18.3 Å². The molecule has 4 nitrogen and oxygen atoms in total. The maximum Gasteiger partial charge on any atom is 0.240 e. The Morgan fingerprint density at radius 1 is 1.40 bits per heavy atom. The van der Waals surface area contributed by atoms with E-state index in [1.807, 2.05) is 24.8 Å². The van der Waals surface area contributed by atoms with Gasteiger partial charge >= 0.3 is 0 Å². The highest BCUT2D eigenvalue weighted by atomic mass is 32.2. The molecule has 0 spiro atoms. The first-order valence-electron chi connectivity index (χ1n) is 7.01.